The van der Waals surface area contributed by atoms with Crippen LogP contribution in [0.1, 0.15) is 56.1 Å². The summed E-state index contributed by atoms with van der Waals surface area (Å²) >= 11 is 0. The van der Waals surface area contributed by atoms with E-state index in [-0.39, 0.29) is 11.6 Å². The number of carbonyl (C=O) groups is 2. The van der Waals surface area contributed by atoms with Crippen LogP contribution in [0.5, 0.6) is 0 Å². The smallest absolute Gasteiger partial charge is 0.207 e. The molecule has 0 amide bonds. The first kappa shape index (κ1) is 33.1. The summed E-state index contributed by atoms with van der Waals surface area (Å²) in [5.41, 5.74) is 14.1. The van der Waals surface area contributed by atoms with E-state index in [9.17, 15) is 9.59 Å². The van der Waals surface area contributed by atoms with Crippen LogP contribution in [0.2, 0.25) is 0 Å². The highest BCUT2D eigenvalue weighted by Crippen LogP contribution is 2.38. The molecule has 0 saturated carbocycles. The van der Waals surface area contributed by atoms with Crippen molar-refractivity contribution in [2.24, 2.45) is 0 Å². The maximum atomic E-state index is 14.2. The molecule has 0 N–H and O–H groups in total. The molecule has 4 nitrogen and oxygen atoms in total. The number of carbonyl (C=O) groups excluding carboxylic acids is 2. The number of pyridine rings is 2. The van der Waals surface area contributed by atoms with Crippen molar-refractivity contribution in [2.45, 2.75) is 25.7 Å². The fourth-order valence-corrected chi connectivity index (χ4v) is 7.76. The molecule has 0 spiro atoms. The highest BCUT2D eigenvalue weighted by atomic mass is 16.1. The predicted octanol–water partition coefficient (Wildman–Crippen LogP) is 11.6. The SMILES string of the molecule is O=C1/C(=C/c2cccc(/C=C3\CCc4c(-c5ccccc5)cc(-c5ccccc5)nc4C3=O)c2)CCc2c(-c3ccccc3)cc(-c3ccccc3)nc21. The number of allylic oxidation sites excluding steroid dienone is 2. The molecule has 0 aliphatic heterocycles. The molecule has 0 atom stereocenters. The molecule has 258 valence electrons. The monoisotopic (exact) mass is 696 g/mol. The molecule has 9 rings (SSSR count). The summed E-state index contributed by atoms with van der Waals surface area (Å²) in [5, 5.41) is 0. The normalized spacial score (nSPS) is 15.3. The predicted molar refractivity (Wildman–Crippen MR) is 218 cm³/mol. The van der Waals surface area contributed by atoms with Crippen LogP contribution in [0.25, 0.3) is 56.9 Å². The first-order valence-corrected chi connectivity index (χ1v) is 18.5. The molecule has 0 saturated heterocycles. The van der Waals surface area contributed by atoms with Gasteiger partial charge in [0.2, 0.25) is 11.6 Å². The van der Waals surface area contributed by atoms with Gasteiger partial charge in [-0.1, -0.05) is 140 Å². The van der Waals surface area contributed by atoms with E-state index in [2.05, 4.69) is 42.5 Å². The number of aromatic nitrogens is 2. The van der Waals surface area contributed by atoms with Gasteiger partial charge < -0.3 is 0 Å². The van der Waals surface area contributed by atoms with Crippen molar-refractivity contribution in [3.8, 4) is 44.8 Å². The molecular formula is C50H36N2O2. The molecule has 2 heterocycles. The van der Waals surface area contributed by atoms with Crippen LogP contribution in [0, 0.1) is 0 Å². The maximum absolute atomic E-state index is 14.2. The topological polar surface area (TPSA) is 59.9 Å². The van der Waals surface area contributed by atoms with Crippen LogP contribution in [0.15, 0.2) is 169 Å². The van der Waals surface area contributed by atoms with Gasteiger partial charge in [-0.15, -0.1) is 0 Å². The Bertz CT molecular complexity index is 2430. The molecule has 0 radical (unpaired) electrons. The number of ketones is 2. The number of nitrogens with zero attached hydrogens (tertiary/aromatic N) is 2. The minimum atomic E-state index is -0.0384. The fraction of sp³-hybridized carbons (Fsp3) is 0.0800. The molecule has 2 aliphatic rings. The van der Waals surface area contributed by atoms with Crippen molar-refractivity contribution >= 4 is 23.7 Å². The Labute approximate surface area is 315 Å². The number of hydrogen-bond acceptors (Lipinski definition) is 4. The molecule has 4 heteroatoms. The molecule has 0 bridgehead atoms. The summed E-state index contributed by atoms with van der Waals surface area (Å²) in [6, 6.07) is 52.9. The molecular weight excluding hydrogens is 661 g/mol. The van der Waals surface area contributed by atoms with E-state index in [0.29, 0.717) is 24.2 Å². The van der Waals surface area contributed by atoms with Gasteiger partial charge in [0.05, 0.1) is 11.4 Å². The summed E-state index contributed by atoms with van der Waals surface area (Å²) in [4.78, 5) is 38.4. The third-order valence-corrected chi connectivity index (χ3v) is 10.5. The minimum Gasteiger partial charge on any atom is -0.287 e. The first-order valence-electron chi connectivity index (χ1n) is 18.5. The minimum absolute atomic E-state index is 0.0384. The van der Waals surface area contributed by atoms with Gasteiger partial charge in [0.25, 0.3) is 0 Å². The molecule has 2 aromatic heterocycles. The lowest BCUT2D eigenvalue weighted by molar-refractivity contribution is 0.101. The Kier molecular flexibility index (Phi) is 8.78. The van der Waals surface area contributed by atoms with E-state index in [0.717, 1.165) is 91.0 Å². The van der Waals surface area contributed by atoms with Crippen molar-refractivity contribution in [1.82, 2.24) is 9.97 Å². The Hall–Kier alpha value is -6.78. The number of benzene rings is 5. The van der Waals surface area contributed by atoms with Crippen LogP contribution in [0.4, 0.5) is 0 Å². The first-order chi connectivity index (χ1) is 26.6. The van der Waals surface area contributed by atoms with E-state index < -0.39 is 0 Å². The molecule has 54 heavy (non-hydrogen) atoms. The summed E-state index contributed by atoms with van der Waals surface area (Å²) < 4.78 is 0. The van der Waals surface area contributed by atoms with Crippen molar-refractivity contribution in [3.05, 3.63) is 203 Å². The average molecular weight is 697 g/mol. The Morgan fingerprint density at radius 2 is 0.759 bits per heavy atom. The summed E-state index contributed by atoms with van der Waals surface area (Å²) in [6.07, 6.45) is 6.67. The number of hydrogen-bond donors (Lipinski definition) is 0. The van der Waals surface area contributed by atoms with Crippen LogP contribution in [0.3, 0.4) is 0 Å². The highest BCUT2D eigenvalue weighted by Gasteiger charge is 2.29. The van der Waals surface area contributed by atoms with Crippen LogP contribution in [-0.2, 0) is 12.8 Å². The van der Waals surface area contributed by atoms with E-state index in [4.69, 9.17) is 9.97 Å². The second-order valence-corrected chi connectivity index (χ2v) is 13.9. The van der Waals surface area contributed by atoms with E-state index >= 15 is 0 Å². The van der Waals surface area contributed by atoms with E-state index in [1.54, 1.807) is 0 Å². The van der Waals surface area contributed by atoms with Crippen molar-refractivity contribution in [2.75, 3.05) is 0 Å². The largest absolute Gasteiger partial charge is 0.287 e. The van der Waals surface area contributed by atoms with Crippen LogP contribution >= 0.6 is 0 Å². The zero-order valence-electron chi connectivity index (χ0n) is 29.7. The quantitative estimate of drug-likeness (QED) is 0.162. The standard InChI is InChI=1S/C50H36N2O2/c53-49-39(24-26-41-43(35-16-5-1-6-17-35)31-45(51-47(41)49)37-20-9-3-10-21-37)29-33-14-13-15-34(28-33)30-40-25-27-42-44(36-18-7-2-8-19-36)32-46(52-48(42)50(40)54)38-22-11-4-12-23-38/h1-23,28-32H,24-27H2/b39-29+,40-30+. The molecule has 2 aliphatic carbocycles. The van der Waals surface area contributed by atoms with Crippen molar-refractivity contribution < 1.29 is 9.59 Å². The van der Waals surface area contributed by atoms with E-state index in [1.807, 2.05) is 127 Å². The van der Waals surface area contributed by atoms with Crippen LogP contribution < -0.4 is 0 Å². The third kappa shape index (κ3) is 6.44. The molecule has 0 fully saturated rings. The van der Waals surface area contributed by atoms with Gasteiger partial charge in [-0.25, -0.2) is 9.97 Å². The van der Waals surface area contributed by atoms with Gasteiger partial charge in [-0.3, -0.25) is 9.59 Å². The number of fused-ring (bicyclic) bond motifs is 2. The van der Waals surface area contributed by atoms with Crippen LogP contribution in [-0.4, -0.2) is 21.5 Å². The third-order valence-electron chi connectivity index (χ3n) is 10.5. The Balaban J connectivity index is 1.05. The van der Waals surface area contributed by atoms with Crippen molar-refractivity contribution in [1.29, 1.82) is 0 Å². The highest BCUT2D eigenvalue weighted by molar-refractivity contribution is 6.14. The number of Topliss-reactive ketones (excluding diaryl/α,β-unsaturated/α-hetero) is 2. The van der Waals surface area contributed by atoms with Gasteiger partial charge >= 0.3 is 0 Å². The average Bonchev–Trinajstić information content (AvgIpc) is 3.24. The van der Waals surface area contributed by atoms with Gasteiger partial charge in [-0.2, -0.15) is 0 Å². The summed E-state index contributed by atoms with van der Waals surface area (Å²) in [6.45, 7) is 0. The second-order valence-electron chi connectivity index (χ2n) is 13.9. The fourth-order valence-electron chi connectivity index (χ4n) is 7.76. The molecule has 0 unspecified atom stereocenters. The van der Waals surface area contributed by atoms with Gasteiger partial charge in [0.1, 0.15) is 11.4 Å². The molecule has 5 aromatic carbocycles. The summed E-state index contributed by atoms with van der Waals surface area (Å²) in [7, 11) is 0. The van der Waals surface area contributed by atoms with Gasteiger partial charge in [0, 0.05) is 22.3 Å². The lowest BCUT2D eigenvalue weighted by atomic mass is 9.83. The van der Waals surface area contributed by atoms with Crippen molar-refractivity contribution in [3.63, 3.8) is 0 Å². The maximum Gasteiger partial charge on any atom is 0.207 e. The zero-order chi connectivity index (χ0) is 36.4. The lowest BCUT2D eigenvalue weighted by Crippen LogP contribution is -2.18. The van der Waals surface area contributed by atoms with E-state index in [1.165, 1.54) is 0 Å². The van der Waals surface area contributed by atoms with Gasteiger partial charge in [0.15, 0.2) is 0 Å². The van der Waals surface area contributed by atoms with Gasteiger partial charge in [-0.05, 0) is 101 Å². The zero-order valence-corrected chi connectivity index (χ0v) is 29.7. The lowest BCUT2D eigenvalue weighted by Gasteiger charge is -2.22. The summed E-state index contributed by atoms with van der Waals surface area (Å²) in [5.74, 6) is -0.0768. The Morgan fingerprint density at radius 3 is 1.15 bits per heavy atom. The Morgan fingerprint density at radius 1 is 0.389 bits per heavy atom. The number of rotatable bonds is 6. The second kappa shape index (κ2) is 14.3. The molecule has 7 aromatic rings.